The van der Waals surface area contributed by atoms with Crippen molar-refractivity contribution in [3.05, 3.63) is 46.3 Å². The number of hydrogen-bond donors (Lipinski definition) is 2. The Morgan fingerprint density at radius 2 is 2.19 bits per heavy atom. The second kappa shape index (κ2) is 6.06. The van der Waals surface area contributed by atoms with Gasteiger partial charge in [0.05, 0.1) is 22.5 Å². The molecular formula is C15H11N3OS2. The second-order valence-electron chi connectivity index (χ2n) is 4.14. The molecule has 0 radical (unpaired) electrons. The molecule has 1 amide bonds. The number of nitrogens with one attached hydrogen (secondary N) is 1. The largest absolute Gasteiger partial charge is 0.320 e. The van der Waals surface area contributed by atoms with Crippen LogP contribution in [0.5, 0.6) is 0 Å². The fourth-order valence-corrected chi connectivity index (χ4v) is 3.42. The van der Waals surface area contributed by atoms with Crippen molar-refractivity contribution in [1.29, 1.82) is 0 Å². The third kappa shape index (κ3) is 3.11. The molecule has 3 N–H and O–H groups in total. The number of carbonyl (C=O) groups is 1. The van der Waals surface area contributed by atoms with Crippen LogP contribution in [-0.4, -0.2) is 17.4 Å². The molecule has 0 aliphatic rings. The first-order chi connectivity index (χ1) is 10.3. The molecule has 0 fully saturated rings. The monoisotopic (exact) mass is 313 g/mol. The molecule has 104 valence electrons. The Morgan fingerprint density at radius 3 is 3.00 bits per heavy atom. The average Bonchev–Trinajstić information content (AvgIpc) is 3.11. The van der Waals surface area contributed by atoms with Crippen LogP contribution >= 0.6 is 22.7 Å². The van der Waals surface area contributed by atoms with Crippen LogP contribution in [0.3, 0.4) is 0 Å². The number of hydrogen-bond acceptors (Lipinski definition) is 5. The van der Waals surface area contributed by atoms with E-state index in [9.17, 15) is 4.79 Å². The third-order valence-corrected chi connectivity index (χ3v) is 4.63. The zero-order valence-corrected chi connectivity index (χ0v) is 12.6. The van der Waals surface area contributed by atoms with Gasteiger partial charge >= 0.3 is 0 Å². The van der Waals surface area contributed by atoms with Crippen LogP contribution in [0.25, 0.3) is 10.1 Å². The number of aromatic nitrogens is 1. The summed E-state index contributed by atoms with van der Waals surface area (Å²) in [5.41, 5.74) is 5.32. The Bertz CT molecular complexity index is 821. The molecule has 2 heterocycles. The Morgan fingerprint density at radius 1 is 1.33 bits per heavy atom. The molecule has 0 aliphatic heterocycles. The van der Waals surface area contributed by atoms with Crippen molar-refractivity contribution in [2.75, 3.05) is 11.9 Å². The van der Waals surface area contributed by atoms with Gasteiger partial charge in [0.25, 0.3) is 5.91 Å². The molecule has 0 unspecified atom stereocenters. The Balaban J connectivity index is 1.78. The number of thiophene rings is 1. The van der Waals surface area contributed by atoms with Crippen molar-refractivity contribution >= 4 is 43.8 Å². The van der Waals surface area contributed by atoms with Crippen LogP contribution in [0, 0.1) is 11.8 Å². The highest BCUT2D eigenvalue weighted by atomic mass is 32.1. The molecule has 0 aliphatic carbocycles. The number of fused-ring (bicyclic) bond motifs is 1. The lowest BCUT2D eigenvalue weighted by Gasteiger charge is -1.96. The van der Waals surface area contributed by atoms with Gasteiger partial charge in [-0.25, -0.2) is 4.98 Å². The number of nitrogens with zero attached hydrogens (tertiary/aromatic N) is 1. The van der Waals surface area contributed by atoms with Crippen molar-refractivity contribution < 1.29 is 4.79 Å². The van der Waals surface area contributed by atoms with Crippen molar-refractivity contribution in [2.24, 2.45) is 5.73 Å². The number of thiazole rings is 1. The fraction of sp³-hybridized carbons (Fsp3) is 0.0667. The zero-order valence-electron chi connectivity index (χ0n) is 10.9. The predicted molar refractivity (Wildman–Crippen MR) is 87.8 cm³/mol. The number of nitrogens with two attached hydrogens (primary N) is 1. The van der Waals surface area contributed by atoms with E-state index >= 15 is 0 Å². The number of benzene rings is 1. The summed E-state index contributed by atoms with van der Waals surface area (Å²) in [7, 11) is 0. The van der Waals surface area contributed by atoms with E-state index in [-0.39, 0.29) is 5.91 Å². The molecule has 0 saturated heterocycles. The van der Waals surface area contributed by atoms with Gasteiger partial charge in [0.15, 0.2) is 5.13 Å². The zero-order chi connectivity index (χ0) is 14.7. The second-order valence-corrected chi connectivity index (χ2v) is 6.25. The van der Waals surface area contributed by atoms with E-state index in [1.807, 2.05) is 30.3 Å². The number of carbonyl (C=O) groups excluding carboxylic acids is 1. The van der Waals surface area contributed by atoms with Gasteiger partial charge in [-0.3, -0.25) is 10.1 Å². The smallest absolute Gasteiger partial charge is 0.267 e. The van der Waals surface area contributed by atoms with Crippen molar-refractivity contribution in [3.63, 3.8) is 0 Å². The highest BCUT2D eigenvalue weighted by molar-refractivity contribution is 7.21. The van der Waals surface area contributed by atoms with E-state index < -0.39 is 0 Å². The van der Waals surface area contributed by atoms with E-state index in [1.54, 1.807) is 6.20 Å². The van der Waals surface area contributed by atoms with Gasteiger partial charge in [-0.1, -0.05) is 41.4 Å². The summed E-state index contributed by atoms with van der Waals surface area (Å²) in [6.07, 6.45) is 1.63. The van der Waals surface area contributed by atoms with Crippen molar-refractivity contribution in [2.45, 2.75) is 0 Å². The van der Waals surface area contributed by atoms with Crippen molar-refractivity contribution in [3.8, 4) is 11.8 Å². The Labute approximate surface area is 129 Å². The lowest BCUT2D eigenvalue weighted by Crippen LogP contribution is -2.09. The van der Waals surface area contributed by atoms with Crippen LogP contribution in [0.1, 0.15) is 14.5 Å². The Hall–Kier alpha value is -2.20. The molecule has 0 bridgehead atoms. The SMILES string of the molecule is NCC#Cc1cnc(NC(=O)c2cc3ccccc3s2)s1. The summed E-state index contributed by atoms with van der Waals surface area (Å²) in [6, 6.07) is 9.80. The van der Waals surface area contributed by atoms with E-state index in [2.05, 4.69) is 22.1 Å². The molecule has 4 nitrogen and oxygen atoms in total. The molecule has 0 saturated carbocycles. The van der Waals surface area contributed by atoms with E-state index in [4.69, 9.17) is 5.73 Å². The summed E-state index contributed by atoms with van der Waals surface area (Å²) in [4.78, 5) is 17.8. The van der Waals surface area contributed by atoms with Crippen LogP contribution in [-0.2, 0) is 0 Å². The van der Waals surface area contributed by atoms with Gasteiger partial charge in [-0.15, -0.1) is 11.3 Å². The quantitative estimate of drug-likeness (QED) is 0.715. The highest BCUT2D eigenvalue weighted by Gasteiger charge is 2.12. The minimum atomic E-state index is -0.149. The fourth-order valence-electron chi connectivity index (χ4n) is 1.78. The summed E-state index contributed by atoms with van der Waals surface area (Å²) < 4.78 is 1.09. The number of amides is 1. The predicted octanol–water partition coefficient (Wildman–Crippen LogP) is 2.92. The summed E-state index contributed by atoms with van der Waals surface area (Å²) in [5, 5.41) is 4.41. The van der Waals surface area contributed by atoms with Crippen LogP contribution < -0.4 is 11.1 Å². The van der Waals surface area contributed by atoms with Gasteiger partial charge in [0.1, 0.15) is 0 Å². The van der Waals surface area contributed by atoms with Gasteiger partial charge < -0.3 is 5.73 Å². The van der Waals surface area contributed by atoms with Crippen LogP contribution in [0.2, 0.25) is 0 Å². The Kier molecular flexibility index (Phi) is 3.97. The van der Waals surface area contributed by atoms with E-state index in [1.165, 1.54) is 22.7 Å². The first kappa shape index (κ1) is 13.8. The standard InChI is InChI=1S/C15H11N3OS2/c16-7-3-5-11-9-17-15(20-11)18-14(19)13-8-10-4-1-2-6-12(10)21-13/h1-2,4,6,8-9H,7,16H2,(H,17,18,19). The normalized spacial score (nSPS) is 10.1. The minimum absolute atomic E-state index is 0.149. The maximum absolute atomic E-state index is 12.2. The lowest BCUT2D eigenvalue weighted by molar-refractivity contribution is 0.103. The average molecular weight is 313 g/mol. The van der Waals surface area contributed by atoms with Crippen LogP contribution in [0.4, 0.5) is 5.13 Å². The van der Waals surface area contributed by atoms with Gasteiger partial charge in [0, 0.05) is 4.70 Å². The number of anilines is 1. The van der Waals surface area contributed by atoms with Gasteiger partial charge in [-0.05, 0) is 17.5 Å². The van der Waals surface area contributed by atoms with Crippen molar-refractivity contribution in [1.82, 2.24) is 4.98 Å². The first-order valence-corrected chi connectivity index (χ1v) is 7.84. The molecule has 6 heteroatoms. The maximum atomic E-state index is 12.2. The summed E-state index contributed by atoms with van der Waals surface area (Å²) >= 11 is 2.80. The summed E-state index contributed by atoms with van der Waals surface area (Å²) in [6.45, 7) is 0.307. The number of rotatable bonds is 2. The molecule has 0 spiro atoms. The molecule has 2 aromatic heterocycles. The maximum Gasteiger partial charge on any atom is 0.267 e. The molecule has 3 aromatic rings. The minimum Gasteiger partial charge on any atom is -0.320 e. The molecular weight excluding hydrogens is 302 g/mol. The van der Waals surface area contributed by atoms with Crippen LogP contribution in [0.15, 0.2) is 36.5 Å². The highest BCUT2D eigenvalue weighted by Crippen LogP contribution is 2.26. The molecule has 0 atom stereocenters. The van der Waals surface area contributed by atoms with Gasteiger partial charge in [-0.2, -0.15) is 0 Å². The molecule has 21 heavy (non-hydrogen) atoms. The molecule has 3 rings (SSSR count). The third-order valence-electron chi connectivity index (χ3n) is 2.69. The van der Waals surface area contributed by atoms with E-state index in [0.717, 1.165) is 15.0 Å². The first-order valence-electron chi connectivity index (χ1n) is 6.21. The van der Waals surface area contributed by atoms with E-state index in [0.29, 0.717) is 16.6 Å². The summed E-state index contributed by atoms with van der Waals surface area (Å²) in [5.74, 6) is 5.50. The lowest BCUT2D eigenvalue weighted by atomic mass is 10.2. The molecule has 1 aromatic carbocycles. The van der Waals surface area contributed by atoms with Gasteiger partial charge in [0.2, 0.25) is 0 Å². The topological polar surface area (TPSA) is 68.0 Å².